The summed E-state index contributed by atoms with van der Waals surface area (Å²) in [4.78, 5) is 33.7. The van der Waals surface area contributed by atoms with Crippen LogP contribution in [0.2, 0.25) is 0 Å². The average molecular weight is 387 g/mol. The number of rotatable bonds is 6. The van der Waals surface area contributed by atoms with Crippen LogP contribution in [0.4, 0.5) is 4.39 Å². The molecule has 28 heavy (non-hydrogen) atoms. The molecule has 8 heteroatoms. The molecule has 0 bridgehead atoms. The van der Waals surface area contributed by atoms with E-state index in [0.717, 1.165) is 12.8 Å². The van der Waals surface area contributed by atoms with Gasteiger partial charge in [0.25, 0.3) is 5.91 Å². The predicted octanol–water partition coefficient (Wildman–Crippen LogP) is 2.85. The van der Waals surface area contributed by atoms with E-state index in [1.54, 1.807) is 12.1 Å². The first-order valence-electron chi connectivity index (χ1n) is 8.89. The monoisotopic (exact) mass is 387 g/mol. The van der Waals surface area contributed by atoms with Crippen LogP contribution in [-0.4, -0.2) is 41.6 Å². The molecule has 1 aliphatic carbocycles. The molecule has 3 rings (SSSR count). The number of ether oxygens (including phenoxy) is 2. The summed E-state index contributed by atoms with van der Waals surface area (Å²) >= 11 is 0. The van der Waals surface area contributed by atoms with E-state index in [0.29, 0.717) is 17.0 Å². The van der Waals surface area contributed by atoms with Gasteiger partial charge in [0.2, 0.25) is 5.88 Å². The highest BCUT2D eigenvalue weighted by molar-refractivity contribution is 5.98. The first-order chi connectivity index (χ1) is 13.3. The summed E-state index contributed by atoms with van der Waals surface area (Å²) < 4.78 is 23.3. The van der Waals surface area contributed by atoms with Crippen molar-refractivity contribution in [1.29, 1.82) is 0 Å². The number of amides is 1. The van der Waals surface area contributed by atoms with Crippen LogP contribution in [0.3, 0.4) is 0 Å². The molecule has 1 fully saturated rings. The fourth-order valence-corrected chi connectivity index (χ4v) is 2.83. The van der Waals surface area contributed by atoms with Crippen molar-refractivity contribution in [2.45, 2.75) is 38.1 Å². The zero-order chi connectivity index (χ0) is 20.5. The van der Waals surface area contributed by atoms with Gasteiger partial charge in [-0.05, 0) is 51.0 Å². The number of esters is 1. The van der Waals surface area contributed by atoms with Crippen molar-refractivity contribution >= 4 is 11.9 Å². The largest absolute Gasteiger partial charge is 0.479 e. The molecule has 0 saturated heterocycles. The number of hydrogen-bond donors (Lipinski definition) is 1. The second-order valence-electron chi connectivity index (χ2n) is 7.17. The number of halogens is 1. The Kier molecular flexibility index (Phi) is 5.31. The number of benzene rings is 1. The van der Waals surface area contributed by atoms with Crippen LogP contribution in [0.5, 0.6) is 5.88 Å². The topological polar surface area (TPSA) is 90.4 Å². The number of methoxy groups -OCH3 is 2. The maximum atomic E-state index is 13.3. The zero-order valence-corrected chi connectivity index (χ0v) is 16.2. The van der Waals surface area contributed by atoms with Crippen LogP contribution in [0.15, 0.2) is 24.3 Å². The van der Waals surface area contributed by atoms with Gasteiger partial charge in [0, 0.05) is 11.5 Å². The smallest absolute Gasteiger partial charge is 0.330 e. The van der Waals surface area contributed by atoms with Crippen LogP contribution in [0.25, 0.3) is 11.3 Å². The lowest BCUT2D eigenvalue weighted by Crippen LogP contribution is -2.50. The van der Waals surface area contributed by atoms with Crippen LogP contribution < -0.4 is 10.1 Å². The SMILES string of the molecule is COC(=O)C(C)(C)NC(=O)c1nc(-c2ccc(F)cc2)c(C2CC2)nc1OC. The summed E-state index contributed by atoms with van der Waals surface area (Å²) in [6.07, 6.45) is 1.93. The average Bonchev–Trinajstić information content (AvgIpc) is 3.51. The highest BCUT2D eigenvalue weighted by Crippen LogP contribution is 2.43. The number of nitrogens with one attached hydrogen (secondary N) is 1. The Morgan fingerprint density at radius 3 is 2.32 bits per heavy atom. The van der Waals surface area contributed by atoms with Crippen molar-refractivity contribution in [3.8, 4) is 17.1 Å². The lowest BCUT2D eigenvalue weighted by atomic mass is 10.0. The standard InChI is InChI=1S/C20H22FN3O4/c1-20(2,19(26)28-4)24-17(25)16-18(27-3)23-15(11-5-6-11)14(22-16)12-7-9-13(21)10-8-12/h7-11H,5-6H2,1-4H3,(H,24,25). The van der Waals surface area contributed by atoms with Crippen molar-refractivity contribution in [2.24, 2.45) is 0 Å². The molecule has 1 aliphatic rings. The quantitative estimate of drug-likeness (QED) is 0.767. The molecule has 1 amide bonds. The van der Waals surface area contributed by atoms with Gasteiger partial charge in [-0.15, -0.1) is 0 Å². The van der Waals surface area contributed by atoms with Crippen molar-refractivity contribution in [3.05, 3.63) is 41.5 Å². The first kappa shape index (κ1) is 19.7. The molecule has 1 heterocycles. The molecule has 0 unspecified atom stereocenters. The van der Waals surface area contributed by atoms with Gasteiger partial charge in [-0.1, -0.05) is 0 Å². The molecule has 2 aromatic rings. The number of hydrogen-bond acceptors (Lipinski definition) is 6. The summed E-state index contributed by atoms with van der Waals surface area (Å²) in [5.41, 5.74) is 0.559. The van der Waals surface area contributed by atoms with E-state index < -0.39 is 17.4 Å². The van der Waals surface area contributed by atoms with E-state index in [4.69, 9.17) is 9.47 Å². The van der Waals surface area contributed by atoms with Gasteiger partial charge in [-0.3, -0.25) is 4.79 Å². The minimum absolute atomic E-state index is 0.0526. The maximum Gasteiger partial charge on any atom is 0.330 e. The molecule has 0 aliphatic heterocycles. The summed E-state index contributed by atoms with van der Waals surface area (Å²) in [5.74, 6) is -1.28. The number of carbonyl (C=O) groups is 2. The first-order valence-corrected chi connectivity index (χ1v) is 8.89. The van der Waals surface area contributed by atoms with E-state index >= 15 is 0 Å². The van der Waals surface area contributed by atoms with Crippen molar-refractivity contribution in [2.75, 3.05) is 14.2 Å². The van der Waals surface area contributed by atoms with Gasteiger partial charge in [0.1, 0.15) is 11.4 Å². The Hall–Kier alpha value is -3.03. The van der Waals surface area contributed by atoms with Gasteiger partial charge in [-0.2, -0.15) is 0 Å². The molecule has 0 atom stereocenters. The number of aromatic nitrogens is 2. The number of nitrogens with zero attached hydrogens (tertiary/aromatic N) is 2. The highest BCUT2D eigenvalue weighted by atomic mass is 19.1. The summed E-state index contributed by atoms with van der Waals surface area (Å²) in [6.45, 7) is 3.05. The van der Waals surface area contributed by atoms with Gasteiger partial charge >= 0.3 is 5.97 Å². The molecule has 0 radical (unpaired) electrons. The highest BCUT2D eigenvalue weighted by Gasteiger charge is 2.35. The minimum atomic E-state index is -1.26. The molecule has 1 aromatic heterocycles. The van der Waals surface area contributed by atoms with Crippen LogP contribution in [0, 0.1) is 5.82 Å². The molecular formula is C20H22FN3O4. The van der Waals surface area contributed by atoms with Crippen LogP contribution in [0.1, 0.15) is 48.8 Å². The van der Waals surface area contributed by atoms with Gasteiger partial charge in [-0.25, -0.2) is 19.2 Å². The molecule has 1 aromatic carbocycles. The Labute approximate surface area is 162 Å². The third-order valence-electron chi connectivity index (χ3n) is 4.50. The second kappa shape index (κ2) is 7.53. The van der Waals surface area contributed by atoms with Crippen molar-refractivity contribution in [1.82, 2.24) is 15.3 Å². The lowest BCUT2D eigenvalue weighted by Gasteiger charge is -2.23. The summed E-state index contributed by atoms with van der Waals surface area (Å²) in [7, 11) is 2.65. The molecule has 1 saturated carbocycles. The predicted molar refractivity (Wildman–Crippen MR) is 99.5 cm³/mol. The zero-order valence-electron chi connectivity index (χ0n) is 16.2. The molecule has 0 spiro atoms. The van der Waals surface area contributed by atoms with Crippen LogP contribution >= 0.6 is 0 Å². The van der Waals surface area contributed by atoms with E-state index in [1.165, 1.54) is 40.2 Å². The normalized spacial score (nSPS) is 13.8. The summed E-state index contributed by atoms with van der Waals surface area (Å²) in [6, 6.07) is 5.85. The van der Waals surface area contributed by atoms with E-state index in [1.807, 2.05) is 0 Å². The Bertz CT molecular complexity index is 908. The van der Waals surface area contributed by atoms with Gasteiger partial charge in [0.15, 0.2) is 5.69 Å². The van der Waals surface area contributed by atoms with Crippen molar-refractivity contribution < 1.29 is 23.5 Å². The van der Waals surface area contributed by atoms with E-state index in [-0.39, 0.29) is 23.3 Å². The molecule has 7 nitrogen and oxygen atoms in total. The lowest BCUT2D eigenvalue weighted by molar-refractivity contribution is -0.146. The number of carbonyl (C=O) groups excluding carboxylic acids is 2. The Morgan fingerprint density at radius 1 is 1.14 bits per heavy atom. The molecule has 148 valence electrons. The third kappa shape index (κ3) is 3.95. The maximum absolute atomic E-state index is 13.3. The Balaban J connectivity index is 2.05. The van der Waals surface area contributed by atoms with Crippen molar-refractivity contribution in [3.63, 3.8) is 0 Å². The molecular weight excluding hydrogens is 365 g/mol. The van der Waals surface area contributed by atoms with E-state index in [9.17, 15) is 14.0 Å². The fraction of sp³-hybridized carbons (Fsp3) is 0.400. The molecule has 1 N–H and O–H groups in total. The fourth-order valence-electron chi connectivity index (χ4n) is 2.83. The Morgan fingerprint density at radius 2 is 1.79 bits per heavy atom. The van der Waals surface area contributed by atoms with Crippen LogP contribution in [-0.2, 0) is 9.53 Å². The third-order valence-corrected chi connectivity index (χ3v) is 4.50. The second-order valence-corrected chi connectivity index (χ2v) is 7.17. The minimum Gasteiger partial charge on any atom is -0.479 e. The van der Waals surface area contributed by atoms with Gasteiger partial charge < -0.3 is 14.8 Å². The van der Waals surface area contributed by atoms with E-state index in [2.05, 4.69) is 15.3 Å². The van der Waals surface area contributed by atoms with Gasteiger partial charge in [0.05, 0.1) is 25.6 Å². The summed E-state index contributed by atoms with van der Waals surface area (Å²) in [5, 5.41) is 2.59.